The van der Waals surface area contributed by atoms with Crippen LogP contribution < -0.4 is 10.1 Å². The van der Waals surface area contributed by atoms with Crippen molar-refractivity contribution in [3.05, 3.63) is 59.1 Å². The number of hydrogen-bond donors (Lipinski definition) is 1. The van der Waals surface area contributed by atoms with Gasteiger partial charge in [0.1, 0.15) is 23.4 Å². The lowest BCUT2D eigenvalue weighted by molar-refractivity contribution is -0.127. The van der Waals surface area contributed by atoms with Crippen molar-refractivity contribution in [1.82, 2.24) is 14.9 Å². The third-order valence-corrected chi connectivity index (χ3v) is 8.05. The summed E-state index contributed by atoms with van der Waals surface area (Å²) in [6.07, 6.45) is 11.5. The molecule has 2 aliphatic carbocycles. The molecule has 5 nitrogen and oxygen atoms in total. The molecule has 192 valence electrons. The lowest BCUT2D eigenvalue weighted by Gasteiger charge is -2.33. The molecule has 2 aromatic carbocycles. The summed E-state index contributed by atoms with van der Waals surface area (Å²) in [6.45, 7) is 0.358. The molecular formula is C29H35ClFN3O2. The molecule has 1 heterocycles. The molecule has 1 N–H and O–H groups in total. The number of nitrogens with zero attached hydrogens (tertiary/aromatic N) is 2. The molecule has 0 saturated heterocycles. The molecule has 3 aromatic rings. The van der Waals surface area contributed by atoms with Crippen molar-refractivity contribution in [1.29, 1.82) is 0 Å². The number of imidazole rings is 1. The second kappa shape index (κ2) is 11.6. The number of para-hydroxylation sites is 1. The summed E-state index contributed by atoms with van der Waals surface area (Å²) in [6, 6.07) is 11.8. The molecule has 5 rings (SSSR count). The molecule has 2 saturated carbocycles. The zero-order valence-electron chi connectivity index (χ0n) is 20.7. The van der Waals surface area contributed by atoms with Crippen LogP contribution in [-0.4, -0.2) is 28.1 Å². The Morgan fingerprint density at radius 1 is 1.06 bits per heavy atom. The average Bonchev–Trinajstić information content (AvgIpc) is 3.23. The van der Waals surface area contributed by atoms with Gasteiger partial charge in [-0.3, -0.25) is 4.79 Å². The number of benzene rings is 2. The summed E-state index contributed by atoms with van der Waals surface area (Å²) in [7, 11) is 0. The fourth-order valence-electron chi connectivity index (χ4n) is 5.94. The number of ether oxygens (including phenoxy) is 1. The maximum absolute atomic E-state index is 14.4. The summed E-state index contributed by atoms with van der Waals surface area (Å²) >= 11 is 6.26. The highest BCUT2D eigenvalue weighted by atomic mass is 35.5. The highest BCUT2D eigenvalue weighted by molar-refractivity contribution is 6.32. The molecule has 0 spiro atoms. The van der Waals surface area contributed by atoms with Crippen LogP contribution in [0.4, 0.5) is 4.39 Å². The van der Waals surface area contributed by atoms with Gasteiger partial charge in [-0.2, -0.15) is 0 Å². The summed E-state index contributed by atoms with van der Waals surface area (Å²) in [4.78, 5) is 18.8. The summed E-state index contributed by atoms with van der Waals surface area (Å²) < 4.78 is 22.4. The van der Waals surface area contributed by atoms with E-state index in [0.29, 0.717) is 34.8 Å². The molecule has 1 atom stereocenters. The van der Waals surface area contributed by atoms with E-state index in [1.54, 1.807) is 12.1 Å². The Morgan fingerprint density at radius 3 is 2.53 bits per heavy atom. The highest BCUT2D eigenvalue weighted by Gasteiger charge is 2.35. The van der Waals surface area contributed by atoms with Crippen molar-refractivity contribution in [2.45, 2.75) is 82.7 Å². The van der Waals surface area contributed by atoms with Crippen LogP contribution in [0.25, 0.3) is 11.0 Å². The standard InChI is InChI=1S/C29H35ClFN3O2/c30-23-13-7-8-14-26(23)36-18-17-27-33-24-16-15-21(31)19-25(24)34(27)28(20-9-3-1-4-10-20)29(35)32-22-11-5-2-6-12-22/h7-8,13-16,19-20,22,28H,1-6,9-12,17-18H2,(H,32,35). The first kappa shape index (κ1) is 25.1. The Kier molecular flexibility index (Phi) is 8.10. The minimum absolute atomic E-state index is 0.0469. The van der Waals surface area contributed by atoms with Crippen LogP contribution in [0.2, 0.25) is 5.02 Å². The number of aromatic nitrogens is 2. The zero-order chi connectivity index (χ0) is 24.9. The number of carbonyl (C=O) groups excluding carboxylic acids is 1. The van der Waals surface area contributed by atoms with E-state index in [4.69, 9.17) is 21.3 Å². The molecule has 1 unspecified atom stereocenters. The third-order valence-electron chi connectivity index (χ3n) is 7.74. The molecular weight excluding hydrogens is 477 g/mol. The number of rotatable bonds is 8. The van der Waals surface area contributed by atoms with Crippen LogP contribution in [0.15, 0.2) is 42.5 Å². The quantitative estimate of drug-likeness (QED) is 0.353. The molecule has 2 aliphatic rings. The average molecular weight is 512 g/mol. The minimum atomic E-state index is -0.408. The molecule has 1 amide bonds. The Bertz CT molecular complexity index is 1180. The number of hydrogen-bond acceptors (Lipinski definition) is 3. The van der Waals surface area contributed by atoms with E-state index in [2.05, 4.69) is 5.32 Å². The first-order chi connectivity index (χ1) is 17.6. The first-order valence-corrected chi connectivity index (χ1v) is 13.8. The smallest absolute Gasteiger partial charge is 0.243 e. The second-order valence-electron chi connectivity index (χ2n) is 10.2. The van der Waals surface area contributed by atoms with Crippen molar-refractivity contribution in [3.63, 3.8) is 0 Å². The topological polar surface area (TPSA) is 56.2 Å². The van der Waals surface area contributed by atoms with E-state index in [-0.39, 0.29) is 23.7 Å². The van der Waals surface area contributed by atoms with Gasteiger partial charge in [0.15, 0.2) is 0 Å². The van der Waals surface area contributed by atoms with Gasteiger partial charge in [-0.05, 0) is 61.9 Å². The van der Waals surface area contributed by atoms with Crippen LogP contribution in [0.5, 0.6) is 5.75 Å². The molecule has 2 fully saturated rings. The molecule has 36 heavy (non-hydrogen) atoms. The summed E-state index contributed by atoms with van der Waals surface area (Å²) in [5.74, 6) is 1.29. The fourth-order valence-corrected chi connectivity index (χ4v) is 6.13. The van der Waals surface area contributed by atoms with Gasteiger partial charge in [0.25, 0.3) is 0 Å². The van der Waals surface area contributed by atoms with Crippen molar-refractivity contribution < 1.29 is 13.9 Å². The van der Waals surface area contributed by atoms with Gasteiger partial charge in [0.05, 0.1) is 22.7 Å². The van der Waals surface area contributed by atoms with Gasteiger partial charge in [-0.1, -0.05) is 62.3 Å². The van der Waals surface area contributed by atoms with E-state index in [9.17, 15) is 9.18 Å². The van der Waals surface area contributed by atoms with E-state index in [0.717, 1.165) is 57.2 Å². The Balaban J connectivity index is 1.48. The first-order valence-electron chi connectivity index (χ1n) is 13.4. The van der Waals surface area contributed by atoms with Gasteiger partial charge in [0.2, 0.25) is 5.91 Å². The summed E-state index contributed by atoms with van der Waals surface area (Å²) in [5.41, 5.74) is 1.38. The van der Waals surface area contributed by atoms with Crippen LogP contribution in [0, 0.1) is 11.7 Å². The molecule has 7 heteroatoms. The maximum Gasteiger partial charge on any atom is 0.243 e. The van der Waals surface area contributed by atoms with Crippen LogP contribution in [0.1, 0.15) is 76.1 Å². The van der Waals surface area contributed by atoms with E-state index in [1.165, 1.54) is 25.0 Å². The normalized spacial score (nSPS) is 18.3. The van der Waals surface area contributed by atoms with Crippen molar-refractivity contribution in [2.24, 2.45) is 5.92 Å². The lowest BCUT2D eigenvalue weighted by atomic mass is 9.82. The van der Waals surface area contributed by atoms with E-state index in [1.807, 2.05) is 22.8 Å². The van der Waals surface area contributed by atoms with Crippen molar-refractivity contribution in [3.8, 4) is 5.75 Å². The number of halogens is 2. The van der Waals surface area contributed by atoms with E-state index < -0.39 is 6.04 Å². The molecule has 0 aliphatic heterocycles. The van der Waals surface area contributed by atoms with Gasteiger partial charge in [0, 0.05) is 12.5 Å². The second-order valence-corrected chi connectivity index (χ2v) is 10.7. The number of amides is 1. The lowest BCUT2D eigenvalue weighted by Crippen LogP contribution is -2.44. The number of fused-ring (bicyclic) bond motifs is 1. The largest absolute Gasteiger partial charge is 0.492 e. The summed E-state index contributed by atoms with van der Waals surface area (Å²) in [5, 5.41) is 3.93. The molecule has 0 radical (unpaired) electrons. The maximum atomic E-state index is 14.4. The van der Waals surface area contributed by atoms with Crippen molar-refractivity contribution in [2.75, 3.05) is 6.61 Å². The molecule has 0 bridgehead atoms. The van der Waals surface area contributed by atoms with E-state index >= 15 is 0 Å². The monoisotopic (exact) mass is 511 g/mol. The Morgan fingerprint density at radius 2 is 1.78 bits per heavy atom. The van der Waals surface area contributed by atoms with Crippen LogP contribution >= 0.6 is 11.6 Å². The van der Waals surface area contributed by atoms with Gasteiger partial charge < -0.3 is 14.6 Å². The van der Waals surface area contributed by atoms with Gasteiger partial charge in [-0.25, -0.2) is 9.37 Å². The Hall–Kier alpha value is -2.60. The number of carbonyl (C=O) groups is 1. The zero-order valence-corrected chi connectivity index (χ0v) is 21.5. The van der Waals surface area contributed by atoms with Crippen molar-refractivity contribution >= 4 is 28.5 Å². The third kappa shape index (κ3) is 5.69. The predicted molar refractivity (Wildman–Crippen MR) is 141 cm³/mol. The van der Waals surface area contributed by atoms with Gasteiger partial charge in [-0.15, -0.1) is 0 Å². The fraction of sp³-hybridized carbons (Fsp3) is 0.517. The Labute approximate surface area is 217 Å². The van der Waals surface area contributed by atoms with Gasteiger partial charge >= 0.3 is 0 Å². The minimum Gasteiger partial charge on any atom is -0.492 e. The highest BCUT2D eigenvalue weighted by Crippen LogP contribution is 2.37. The predicted octanol–water partition coefficient (Wildman–Crippen LogP) is 7.02. The van der Waals surface area contributed by atoms with Crippen LogP contribution in [0.3, 0.4) is 0 Å². The number of nitrogens with one attached hydrogen (secondary N) is 1. The SMILES string of the molecule is O=C(NC1CCCCC1)C(C1CCCCC1)n1c(CCOc2ccccc2Cl)nc2ccc(F)cc21. The van der Waals surface area contributed by atoms with Crippen LogP contribution in [-0.2, 0) is 11.2 Å². The molecule has 1 aromatic heterocycles.